The van der Waals surface area contributed by atoms with Crippen molar-refractivity contribution in [3.8, 4) is 11.8 Å². The van der Waals surface area contributed by atoms with Crippen LogP contribution in [0.25, 0.3) is 0 Å². The van der Waals surface area contributed by atoms with Crippen LogP contribution < -0.4 is 5.73 Å². The van der Waals surface area contributed by atoms with E-state index in [9.17, 15) is 5.11 Å². The minimum atomic E-state index is -0.184. The Morgan fingerprint density at radius 3 is 2.69 bits per heavy atom. The number of hydrogen-bond acceptors (Lipinski definition) is 3. The van der Waals surface area contributed by atoms with Gasteiger partial charge in [0.05, 0.1) is 5.56 Å². The fraction of sp³-hybridized carbons (Fsp3) is 0.417. The third kappa shape index (κ3) is 1.81. The van der Waals surface area contributed by atoms with Crippen LogP contribution in [0, 0.1) is 17.2 Å². The van der Waals surface area contributed by atoms with Crippen LogP contribution in [0.4, 0.5) is 0 Å². The summed E-state index contributed by atoms with van der Waals surface area (Å²) in [7, 11) is 0. The van der Waals surface area contributed by atoms with E-state index in [1.54, 1.807) is 12.1 Å². The molecule has 0 unspecified atom stereocenters. The Morgan fingerprint density at radius 1 is 1.50 bits per heavy atom. The van der Waals surface area contributed by atoms with Gasteiger partial charge in [0.15, 0.2) is 0 Å². The standard InChI is InChI=1S/C12H13BrN2O/c13-9-5-4-8(6-14)12(16)10(9)11(15)7-2-1-3-7/h4-5,7,11,16H,1-3,15H2/t11-/m1/s1. The highest BCUT2D eigenvalue weighted by Gasteiger charge is 2.29. The zero-order valence-corrected chi connectivity index (χ0v) is 10.4. The minimum absolute atomic E-state index is 0.0243. The summed E-state index contributed by atoms with van der Waals surface area (Å²) in [5.41, 5.74) is 7.08. The first-order valence-electron chi connectivity index (χ1n) is 5.32. The third-order valence-electron chi connectivity index (χ3n) is 3.28. The highest BCUT2D eigenvalue weighted by Crippen LogP contribution is 2.42. The van der Waals surface area contributed by atoms with Crippen molar-refractivity contribution in [3.63, 3.8) is 0 Å². The molecule has 3 nitrogen and oxygen atoms in total. The van der Waals surface area contributed by atoms with Crippen molar-refractivity contribution in [1.29, 1.82) is 5.26 Å². The molecule has 2 rings (SSSR count). The first-order valence-corrected chi connectivity index (χ1v) is 6.11. The van der Waals surface area contributed by atoms with Gasteiger partial charge in [-0.2, -0.15) is 5.26 Å². The molecule has 0 aromatic heterocycles. The molecule has 1 aliphatic rings. The van der Waals surface area contributed by atoms with Crippen LogP contribution in [-0.4, -0.2) is 5.11 Å². The molecule has 84 valence electrons. The molecule has 0 amide bonds. The van der Waals surface area contributed by atoms with E-state index < -0.39 is 0 Å². The molecule has 16 heavy (non-hydrogen) atoms. The summed E-state index contributed by atoms with van der Waals surface area (Å²) in [6.45, 7) is 0. The molecule has 0 saturated heterocycles. The maximum atomic E-state index is 9.98. The van der Waals surface area contributed by atoms with E-state index in [4.69, 9.17) is 11.0 Å². The second-order valence-electron chi connectivity index (χ2n) is 4.19. The number of halogens is 1. The van der Waals surface area contributed by atoms with E-state index in [1.807, 2.05) is 6.07 Å². The summed E-state index contributed by atoms with van der Waals surface area (Å²) in [4.78, 5) is 0. The van der Waals surface area contributed by atoms with Crippen molar-refractivity contribution >= 4 is 15.9 Å². The van der Waals surface area contributed by atoms with Gasteiger partial charge in [-0.3, -0.25) is 0 Å². The van der Waals surface area contributed by atoms with E-state index in [2.05, 4.69) is 15.9 Å². The molecule has 0 spiro atoms. The quantitative estimate of drug-likeness (QED) is 0.875. The van der Waals surface area contributed by atoms with Gasteiger partial charge in [-0.1, -0.05) is 22.4 Å². The topological polar surface area (TPSA) is 70.0 Å². The molecule has 0 heterocycles. The number of nitrogens with zero attached hydrogens (tertiary/aromatic N) is 1. The molecule has 1 atom stereocenters. The Labute approximate surface area is 103 Å². The number of phenolic OH excluding ortho intramolecular Hbond substituents is 1. The van der Waals surface area contributed by atoms with E-state index in [-0.39, 0.29) is 17.4 Å². The lowest BCUT2D eigenvalue weighted by Crippen LogP contribution is -2.27. The maximum Gasteiger partial charge on any atom is 0.139 e. The summed E-state index contributed by atoms with van der Waals surface area (Å²) in [5, 5.41) is 18.8. The van der Waals surface area contributed by atoms with Crippen LogP contribution in [0.1, 0.15) is 36.4 Å². The molecule has 1 aromatic carbocycles. The van der Waals surface area contributed by atoms with Crippen molar-refractivity contribution in [3.05, 3.63) is 27.7 Å². The van der Waals surface area contributed by atoms with Gasteiger partial charge >= 0.3 is 0 Å². The van der Waals surface area contributed by atoms with Crippen LogP contribution in [0.5, 0.6) is 5.75 Å². The fourth-order valence-electron chi connectivity index (χ4n) is 2.03. The number of aromatic hydroxyl groups is 1. The van der Waals surface area contributed by atoms with Crippen LogP contribution in [0.2, 0.25) is 0 Å². The largest absolute Gasteiger partial charge is 0.506 e. The number of nitrogens with two attached hydrogens (primary N) is 1. The average molecular weight is 281 g/mol. The van der Waals surface area contributed by atoms with E-state index in [0.29, 0.717) is 11.5 Å². The van der Waals surface area contributed by atoms with Gasteiger partial charge in [0.2, 0.25) is 0 Å². The molecule has 1 saturated carbocycles. The lowest BCUT2D eigenvalue weighted by atomic mass is 9.77. The van der Waals surface area contributed by atoms with Gasteiger partial charge < -0.3 is 10.8 Å². The Kier molecular flexibility index (Phi) is 3.17. The lowest BCUT2D eigenvalue weighted by Gasteiger charge is -2.32. The molecule has 1 aromatic rings. The van der Waals surface area contributed by atoms with Gasteiger partial charge in [0.25, 0.3) is 0 Å². The van der Waals surface area contributed by atoms with Crippen LogP contribution in [0.3, 0.4) is 0 Å². The van der Waals surface area contributed by atoms with Gasteiger partial charge in [0, 0.05) is 16.1 Å². The van der Waals surface area contributed by atoms with Crippen molar-refractivity contribution in [2.24, 2.45) is 11.7 Å². The second kappa shape index (κ2) is 4.44. The van der Waals surface area contributed by atoms with E-state index in [1.165, 1.54) is 6.42 Å². The molecule has 0 aliphatic heterocycles. The summed E-state index contributed by atoms with van der Waals surface area (Å²) in [5.74, 6) is 0.451. The molecule has 0 bridgehead atoms. The monoisotopic (exact) mass is 280 g/mol. The van der Waals surface area contributed by atoms with Gasteiger partial charge in [-0.15, -0.1) is 0 Å². The zero-order chi connectivity index (χ0) is 11.7. The Morgan fingerprint density at radius 2 is 2.19 bits per heavy atom. The first-order chi connectivity index (χ1) is 7.65. The average Bonchev–Trinajstić information content (AvgIpc) is 2.15. The van der Waals surface area contributed by atoms with Crippen LogP contribution >= 0.6 is 15.9 Å². The first kappa shape index (κ1) is 11.4. The Bertz CT molecular complexity index is 449. The lowest BCUT2D eigenvalue weighted by molar-refractivity contribution is 0.260. The third-order valence-corrected chi connectivity index (χ3v) is 3.97. The van der Waals surface area contributed by atoms with Crippen molar-refractivity contribution in [2.45, 2.75) is 25.3 Å². The summed E-state index contributed by atoms with van der Waals surface area (Å²) < 4.78 is 0.781. The zero-order valence-electron chi connectivity index (χ0n) is 8.78. The fourth-order valence-corrected chi connectivity index (χ4v) is 2.61. The Balaban J connectivity index is 2.42. The van der Waals surface area contributed by atoms with E-state index in [0.717, 1.165) is 17.3 Å². The predicted octanol–water partition coefficient (Wildman–Crippen LogP) is 2.83. The van der Waals surface area contributed by atoms with Crippen molar-refractivity contribution in [2.75, 3.05) is 0 Å². The number of phenols is 1. The maximum absolute atomic E-state index is 9.98. The van der Waals surface area contributed by atoms with Gasteiger partial charge in [-0.25, -0.2) is 0 Å². The van der Waals surface area contributed by atoms with Gasteiger partial charge in [-0.05, 0) is 30.9 Å². The van der Waals surface area contributed by atoms with Crippen LogP contribution in [0.15, 0.2) is 16.6 Å². The predicted molar refractivity (Wildman–Crippen MR) is 64.8 cm³/mol. The molecule has 3 N–H and O–H groups in total. The number of nitriles is 1. The van der Waals surface area contributed by atoms with Crippen LogP contribution in [-0.2, 0) is 0 Å². The molecular formula is C12H13BrN2O. The van der Waals surface area contributed by atoms with E-state index >= 15 is 0 Å². The normalized spacial score (nSPS) is 17.6. The molecule has 0 radical (unpaired) electrons. The van der Waals surface area contributed by atoms with Crippen molar-refractivity contribution < 1.29 is 5.11 Å². The molecule has 4 heteroatoms. The second-order valence-corrected chi connectivity index (χ2v) is 5.04. The number of hydrogen-bond donors (Lipinski definition) is 2. The number of benzene rings is 1. The van der Waals surface area contributed by atoms with Crippen molar-refractivity contribution in [1.82, 2.24) is 0 Å². The number of rotatable bonds is 2. The summed E-state index contributed by atoms with van der Waals surface area (Å²) in [6, 6.07) is 5.15. The SMILES string of the molecule is N#Cc1ccc(Br)c([C@H](N)C2CCC2)c1O. The Hall–Kier alpha value is -1.05. The highest BCUT2D eigenvalue weighted by atomic mass is 79.9. The minimum Gasteiger partial charge on any atom is -0.506 e. The smallest absolute Gasteiger partial charge is 0.139 e. The highest BCUT2D eigenvalue weighted by molar-refractivity contribution is 9.10. The molecular weight excluding hydrogens is 268 g/mol. The summed E-state index contributed by atoms with van der Waals surface area (Å²) in [6.07, 6.45) is 3.41. The molecule has 1 fully saturated rings. The van der Waals surface area contributed by atoms with Gasteiger partial charge in [0.1, 0.15) is 11.8 Å². The molecule has 1 aliphatic carbocycles. The summed E-state index contributed by atoms with van der Waals surface area (Å²) >= 11 is 3.38.